The highest BCUT2D eigenvalue weighted by molar-refractivity contribution is 6.31. The van der Waals surface area contributed by atoms with Crippen LogP contribution in [0.5, 0.6) is 23.0 Å². The molecule has 0 radical (unpaired) electrons. The molecule has 1 aromatic heterocycles. The van der Waals surface area contributed by atoms with Gasteiger partial charge in [-0.05, 0) is 74.6 Å². The number of aliphatic hydroxyl groups is 2. The van der Waals surface area contributed by atoms with Gasteiger partial charge in [0.15, 0.2) is 23.1 Å². The predicted molar refractivity (Wildman–Crippen MR) is 191 cm³/mol. The molecule has 1 atom stereocenters. The summed E-state index contributed by atoms with van der Waals surface area (Å²) in [7, 11) is 1.48. The van der Waals surface area contributed by atoms with Gasteiger partial charge in [-0.2, -0.15) is 0 Å². The number of nitrogens with two attached hydrogens (primary N) is 1. The lowest BCUT2D eigenvalue weighted by Crippen LogP contribution is -2.35. The number of aliphatic hydroxyl groups excluding tert-OH is 2. The van der Waals surface area contributed by atoms with E-state index in [0.717, 1.165) is 6.07 Å². The summed E-state index contributed by atoms with van der Waals surface area (Å²) in [6.07, 6.45) is 3.71. The number of hydrogen-bond acceptors (Lipinski definition) is 11. The predicted octanol–water partition coefficient (Wildman–Crippen LogP) is 5.21. The average Bonchev–Trinajstić information content (AvgIpc) is 3.95. The third-order valence-electron chi connectivity index (χ3n) is 8.55. The molecule has 0 aliphatic heterocycles. The number of pyridine rings is 1. The third-order valence-corrected chi connectivity index (χ3v) is 8.78. The number of hydrogen-bond donors (Lipinski definition) is 5. The largest absolute Gasteiger partial charge is 0.493 e. The van der Waals surface area contributed by atoms with Crippen molar-refractivity contribution in [2.45, 2.75) is 38.1 Å². The number of anilines is 2. The minimum atomic E-state index is -1.26. The Morgan fingerprint density at radius 1 is 0.942 bits per heavy atom. The lowest BCUT2D eigenvalue weighted by Gasteiger charge is -2.16. The molecule has 4 aromatic rings. The van der Waals surface area contributed by atoms with Gasteiger partial charge in [-0.15, -0.1) is 0 Å². The Labute approximate surface area is 304 Å². The number of nitrogens with one attached hydrogen (secondary N) is 2. The number of esters is 1. The van der Waals surface area contributed by atoms with Gasteiger partial charge in [-0.1, -0.05) is 17.7 Å². The van der Waals surface area contributed by atoms with Crippen molar-refractivity contribution in [2.75, 3.05) is 44.2 Å². The Hall–Kier alpha value is -5.02. The van der Waals surface area contributed by atoms with Crippen molar-refractivity contribution in [1.29, 1.82) is 0 Å². The van der Waals surface area contributed by atoms with E-state index in [1.54, 1.807) is 42.5 Å². The van der Waals surface area contributed by atoms with E-state index >= 15 is 4.39 Å². The van der Waals surface area contributed by atoms with E-state index in [9.17, 15) is 14.4 Å². The zero-order chi connectivity index (χ0) is 37.3. The highest BCUT2D eigenvalue weighted by Crippen LogP contribution is 2.48. The number of carbonyl (C=O) groups is 3. The van der Waals surface area contributed by atoms with Crippen LogP contribution in [0.2, 0.25) is 5.02 Å². The number of fused-ring (bicyclic) bond motifs is 1. The molecule has 1 unspecified atom stereocenters. The van der Waals surface area contributed by atoms with Crippen LogP contribution in [0.25, 0.3) is 10.9 Å². The van der Waals surface area contributed by atoms with Gasteiger partial charge in [0.05, 0.1) is 39.1 Å². The Balaban J connectivity index is 1.17. The Bertz CT molecular complexity index is 1900. The van der Waals surface area contributed by atoms with Crippen LogP contribution in [0, 0.1) is 17.2 Å². The van der Waals surface area contributed by atoms with Gasteiger partial charge in [0.25, 0.3) is 0 Å². The SMILES string of the molecule is COc1cc2c(Oc3ccc(NC(=O)C4(C(=O)Nc5cccc(Cl)c5)CC4)cc3F)ccnc2cc1OCCCCC(N)C(=O)OCC(CO)CO. The summed E-state index contributed by atoms with van der Waals surface area (Å²) in [6, 6.07) is 14.7. The number of aromatic nitrogens is 1. The van der Waals surface area contributed by atoms with Crippen LogP contribution < -0.4 is 30.6 Å². The number of ether oxygens (including phenoxy) is 4. The quantitative estimate of drug-likeness (QED) is 0.0512. The van der Waals surface area contributed by atoms with Gasteiger partial charge in [-0.3, -0.25) is 19.4 Å². The molecule has 1 aliphatic carbocycles. The molecule has 276 valence electrons. The fourth-order valence-corrected chi connectivity index (χ4v) is 5.45. The summed E-state index contributed by atoms with van der Waals surface area (Å²) in [5, 5.41) is 24.5. The van der Waals surface area contributed by atoms with Crippen LogP contribution in [-0.4, -0.2) is 72.6 Å². The molecule has 1 aliphatic rings. The molecule has 1 heterocycles. The number of unbranched alkanes of at least 4 members (excludes halogenated alkanes) is 1. The number of amides is 2. The minimum Gasteiger partial charge on any atom is -0.493 e. The normalized spacial score (nSPS) is 13.7. The van der Waals surface area contributed by atoms with Crippen LogP contribution in [-0.2, 0) is 19.1 Å². The summed E-state index contributed by atoms with van der Waals surface area (Å²) in [6.45, 7) is -0.419. The molecule has 0 saturated heterocycles. The zero-order valence-electron chi connectivity index (χ0n) is 28.4. The van der Waals surface area contributed by atoms with Crippen molar-refractivity contribution in [3.63, 3.8) is 0 Å². The molecule has 15 heteroatoms. The van der Waals surface area contributed by atoms with Crippen LogP contribution >= 0.6 is 11.6 Å². The first kappa shape index (κ1) is 38.2. The van der Waals surface area contributed by atoms with Crippen molar-refractivity contribution in [1.82, 2.24) is 4.98 Å². The fraction of sp³-hybridized carbons (Fsp3) is 0.351. The Kier molecular flexibility index (Phi) is 12.8. The Morgan fingerprint density at radius 2 is 1.67 bits per heavy atom. The topological polar surface area (TPSA) is 192 Å². The van der Waals surface area contributed by atoms with E-state index < -0.39 is 41.0 Å². The average molecular weight is 739 g/mol. The molecule has 52 heavy (non-hydrogen) atoms. The van der Waals surface area contributed by atoms with E-state index in [4.69, 9.17) is 46.5 Å². The number of rotatable bonds is 18. The summed E-state index contributed by atoms with van der Waals surface area (Å²) < 4.78 is 37.8. The molecular formula is C37H40ClFN4O9. The van der Waals surface area contributed by atoms with Gasteiger partial charge in [0.1, 0.15) is 17.2 Å². The van der Waals surface area contributed by atoms with Crippen LogP contribution in [0.4, 0.5) is 15.8 Å². The molecule has 3 aromatic carbocycles. The molecule has 0 bridgehead atoms. The molecular weight excluding hydrogens is 699 g/mol. The van der Waals surface area contributed by atoms with Crippen molar-refractivity contribution in [3.05, 3.63) is 77.7 Å². The summed E-state index contributed by atoms with van der Waals surface area (Å²) in [5.41, 5.74) is 5.78. The van der Waals surface area contributed by atoms with Crippen molar-refractivity contribution >= 4 is 51.7 Å². The van der Waals surface area contributed by atoms with Gasteiger partial charge in [0.2, 0.25) is 11.8 Å². The van der Waals surface area contributed by atoms with E-state index in [-0.39, 0.29) is 31.3 Å². The monoisotopic (exact) mass is 738 g/mol. The van der Waals surface area contributed by atoms with Gasteiger partial charge >= 0.3 is 5.97 Å². The van der Waals surface area contributed by atoms with Crippen molar-refractivity contribution in [2.24, 2.45) is 17.1 Å². The minimum absolute atomic E-state index is 0.103. The smallest absolute Gasteiger partial charge is 0.322 e. The number of halogens is 2. The maximum atomic E-state index is 15.3. The van der Waals surface area contributed by atoms with Gasteiger partial charge in [-0.25, -0.2) is 4.39 Å². The molecule has 6 N–H and O–H groups in total. The molecule has 5 rings (SSSR count). The van der Waals surface area contributed by atoms with Crippen LogP contribution in [0.15, 0.2) is 66.9 Å². The van der Waals surface area contributed by atoms with E-state index in [2.05, 4.69) is 15.6 Å². The first-order chi connectivity index (χ1) is 25.1. The molecule has 13 nitrogen and oxygen atoms in total. The number of carbonyl (C=O) groups excluding carboxylic acids is 3. The number of methoxy groups -OCH3 is 1. The third kappa shape index (κ3) is 9.44. The lowest BCUT2D eigenvalue weighted by molar-refractivity contribution is -0.147. The maximum absolute atomic E-state index is 15.3. The first-order valence-electron chi connectivity index (χ1n) is 16.7. The second-order valence-electron chi connectivity index (χ2n) is 12.4. The number of nitrogens with zero attached hydrogens (tertiary/aromatic N) is 1. The highest BCUT2D eigenvalue weighted by atomic mass is 35.5. The fourth-order valence-electron chi connectivity index (χ4n) is 5.26. The maximum Gasteiger partial charge on any atom is 0.322 e. The summed E-state index contributed by atoms with van der Waals surface area (Å²) in [5.74, 6) is -1.89. The Morgan fingerprint density at radius 3 is 2.33 bits per heavy atom. The van der Waals surface area contributed by atoms with E-state index in [1.165, 1.54) is 25.4 Å². The van der Waals surface area contributed by atoms with Crippen LogP contribution in [0.1, 0.15) is 32.1 Å². The van der Waals surface area contributed by atoms with E-state index in [1.807, 2.05) is 0 Å². The molecule has 0 spiro atoms. The molecule has 1 saturated carbocycles. The second-order valence-corrected chi connectivity index (χ2v) is 12.8. The van der Waals surface area contributed by atoms with Crippen molar-refractivity contribution < 1.29 is 47.9 Å². The van der Waals surface area contributed by atoms with Gasteiger partial charge < -0.3 is 45.5 Å². The second kappa shape index (κ2) is 17.5. The van der Waals surface area contributed by atoms with Gasteiger partial charge in [0, 0.05) is 46.0 Å². The van der Waals surface area contributed by atoms with Crippen molar-refractivity contribution in [3.8, 4) is 23.0 Å². The van der Waals surface area contributed by atoms with E-state index in [0.29, 0.717) is 77.6 Å². The molecule has 2 amide bonds. The zero-order valence-corrected chi connectivity index (χ0v) is 29.2. The molecule has 1 fully saturated rings. The highest BCUT2D eigenvalue weighted by Gasteiger charge is 2.56. The standard InChI is InChI=1S/C37H40ClFN4O9/c1-49-32-17-26-29(18-33(32)50-14-3-2-7-28(40)34(46)51-21-22(19-44)20-45)41-13-10-30(26)52-31-9-8-25(16-27(31)39)43-36(48)37(11-12-37)35(47)42-24-6-4-5-23(38)15-24/h4-6,8-10,13,15-18,22,28,44-45H,2-3,7,11-12,14,19-21,40H2,1H3,(H,42,47)(H,43,48). The number of benzene rings is 3. The van der Waals surface area contributed by atoms with Crippen LogP contribution in [0.3, 0.4) is 0 Å². The summed E-state index contributed by atoms with van der Waals surface area (Å²) >= 11 is 6.00. The first-order valence-corrected chi connectivity index (χ1v) is 17.0. The summed E-state index contributed by atoms with van der Waals surface area (Å²) in [4.78, 5) is 42.5. The lowest BCUT2D eigenvalue weighted by atomic mass is 10.0.